The first-order chi connectivity index (χ1) is 11.8. The number of halogens is 1. The number of piperazine rings is 1. The second-order valence-corrected chi connectivity index (χ2v) is 6.51. The predicted octanol–water partition coefficient (Wildman–Crippen LogP) is 1.62. The molecule has 7 heteroatoms. The van der Waals surface area contributed by atoms with Gasteiger partial charge in [-0.1, -0.05) is 30.3 Å². The molecule has 2 fully saturated rings. The summed E-state index contributed by atoms with van der Waals surface area (Å²) in [5, 5.41) is 10.6. The number of hydrogen-bond acceptors (Lipinski definition) is 4. The summed E-state index contributed by atoms with van der Waals surface area (Å²) in [6.45, 7) is 5.90. The molecule has 1 aromatic heterocycles. The summed E-state index contributed by atoms with van der Waals surface area (Å²) in [4.78, 5) is 17.2. The molecule has 2 N–H and O–H groups in total. The number of rotatable bonds is 3. The van der Waals surface area contributed by atoms with Crippen LogP contribution < -0.4 is 5.32 Å². The van der Waals surface area contributed by atoms with Gasteiger partial charge in [0.2, 0.25) is 0 Å². The van der Waals surface area contributed by atoms with Crippen LogP contribution in [0.4, 0.5) is 0 Å². The molecule has 0 aliphatic carbocycles. The van der Waals surface area contributed by atoms with Crippen molar-refractivity contribution in [1.29, 1.82) is 0 Å². The number of aromatic nitrogens is 2. The zero-order valence-electron chi connectivity index (χ0n) is 14.1. The molecule has 1 aromatic carbocycles. The van der Waals surface area contributed by atoms with Gasteiger partial charge in [0.1, 0.15) is 5.69 Å². The van der Waals surface area contributed by atoms with Crippen molar-refractivity contribution in [3.05, 3.63) is 42.1 Å². The van der Waals surface area contributed by atoms with Crippen molar-refractivity contribution in [1.82, 2.24) is 25.3 Å². The molecule has 25 heavy (non-hydrogen) atoms. The van der Waals surface area contributed by atoms with Crippen molar-refractivity contribution in [3.63, 3.8) is 0 Å². The molecule has 0 spiro atoms. The molecule has 1 amide bonds. The van der Waals surface area contributed by atoms with Gasteiger partial charge in [-0.3, -0.25) is 14.8 Å². The van der Waals surface area contributed by atoms with Gasteiger partial charge in [0.25, 0.3) is 5.91 Å². The van der Waals surface area contributed by atoms with Crippen LogP contribution in [0.5, 0.6) is 0 Å². The molecule has 2 aromatic rings. The summed E-state index contributed by atoms with van der Waals surface area (Å²) in [7, 11) is 0. The van der Waals surface area contributed by atoms with Gasteiger partial charge in [-0.15, -0.1) is 12.4 Å². The van der Waals surface area contributed by atoms with Crippen molar-refractivity contribution >= 4 is 18.3 Å². The number of benzene rings is 1. The zero-order chi connectivity index (χ0) is 16.4. The Kier molecular flexibility index (Phi) is 5.73. The molecular formula is C18H24ClN5O. The Balaban J connectivity index is 0.00000182. The third-order valence-electron chi connectivity index (χ3n) is 5.00. The molecular weight excluding hydrogens is 338 g/mol. The normalized spacial score (nSPS) is 21.1. The van der Waals surface area contributed by atoms with Gasteiger partial charge < -0.3 is 10.2 Å². The van der Waals surface area contributed by atoms with E-state index in [4.69, 9.17) is 0 Å². The van der Waals surface area contributed by atoms with Crippen LogP contribution >= 0.6 is 12.4 Å². The minimum Gasteiger partial charge on any atom is -0.336 e. The fraction of sp³-hybridized carbons (Fsp3) is 0.444. The molecule has 4 rings (SSSR count). The fourth-order valence-electron chi connectivity index (χ4n) is 3.63. The second kappa shape index (κ2) is 7.99. The highest BCUT2D eigenvalue weighted by Gasteiger charge is 2.31. The SMILES string of the molecule is Cl.O=C(c1cc(-c2ccccc2)n[nH]1)N1CCC(N2CCNCC2)C1. The largest absolute Gasteiger partial charge is 0.336 e. The number of H-pyrrole nitrogens is 1. The Morgan fingerprint density at radius 3 is 2.64 bits per heavy atom. The van der Waals surface area contributed by atoms with Crippen LogP contribution in [-0.4, -0.2) is 71.2 Å². The minimum absolute atomic E-state index is 0. The van der Waals surface area contributed by atoms with E-state index >= 15 is 0 Å². The lowest BCUT2D eigenvalue weighted by atomic mass is 10.1. The van der Waals surface area contributed by atoms with Gasteiger partial charge in [0.15, 0.2) is 0 Å². The number of nitrogens with zero attached hydrogens (tertiary/aromatic N) is 3. The van der Waals surface area contributed by atoms with Gasteiger partial charge in [0, 0.05) is 50.9 Å². The monoisotopic (exact) mass is 361 g/mol. The van der Waals surface area contributed by atoms with Gasteiger partial charge >= 0.3 is 0 Å². The minimum atomic E-state index is 0. The lowest BCUT2D eigenvalue weighted by Crippen LogP contribution is -2.49. The fourth-order valence-corrected chi connectivity index (χ4v) is 3.63. The zero-order valence-corrected chi connectivity index (χ0v) is 15.0. The molecule has 6 nitrogen and oxygen atoms in total. The summed E-state index contributed by atoms with van der Waals surface area (Å²) in [6, 6.07) is 12.3. The number of hydrogen-bond donors (Lipinski definition) is 2. The lowest BCUT2D eigenvalue weighted by Gasteiger charge is -2.32. The number of nitrogens with one attached hydrogen (secondary N) is 2. The van der Waals surface area contributed by atoms with Crippen molar-refractivity contribution in [3.8, 4) is 11.3 Å². The summed E-state index contributed by atoms with van der Waals surface area (Å²) in [6.07, 6.45) is 1.06. The van der Waals surface area contributed by atoms with Crippen LogP contribution in [0.25, 0.3) is 11.3 Å². The summed E-state index contributed by atoms with van der Waals surface area (Å²) in [5.74, 6) is 0.0577. The first-order valence-electron chi connectivity index (χ1n) is 8.66. The first-order valence-corrected chi connectivity index (χ1v) is 8.66. The Hall–Kier alpha value is -1.89. The van der Waals surface area contributed by atoms with Crippen molar-refractivity contribution in [2.75, 3.05) is 39.3 Å². The van der Waals surface area contributed by atoms with Crippen LogP contribution in [0.15, 0.2) is 36.4 Å². The van der Waals surface area contributed by atoms with E-state index in [0.29, 0.717) is 11.7 Å². The predicted molar refractivity (Wildman–Crippen MR) is 100 cm³/mol. The van der Waals surface area contributed by atoms with Crippen molar-refractivity contribution in [2.24, 2.45) is 0 Å². The topological polar surface area (TPSA) is 64.3 Å². The number of amides is 1. The Morgan fingerprint density at radius 1 is 1.12 bits per heavy atom. The Bertz CT molecular complexity index is 699. The van der Waals surface area contributed by atoms with E-state index in [9.17, 15) is 4.79 Å². The maximum atomic E-state index is 12.7. The van der Waals surface area contributed by atoms with E-state index in [-0.39, 0.29) is 18.3 Å². The summed E-state index contributed by atoms with van der Waals surface area (Å²) in [5.41, 5.74) is 2.42. The van der Waals surface area contributed by atoms with Crippen LogP contribution in [-0.2, 0) is 0 Å². The van der Waals surface area contributed by atoms with Gasteiger partial charge in [-0.25, -0.2) is 0 Å². The van der Waals surface area contributed by atoms with E-state index in [1.807, 2.05) is 41.3 Å². The molecule has 3 heterocycles. The quantitative estimate of drug-likeness (QED) is 0.872. The standard InChI is InChI=1S/C18H23N5O.ClH/c24-18(17-12-16(20-21-17)14-4-2-1-3-5-14)23-9-6-15(13-23)22-10-7-19-8-11-22;/h1-5,12,15,19H,6-11,13H2,(H,20,21);1H. The third-order valence-corrected chi connectivity index (χ3v) is 5.00. The maximum absolute atomic E-state index is 12.7. The molecule has 134 valence electrons. The average Bonchev–Trinajstić information content (AvgIpc) is 3.33. The first kappa shape index (κ1) is 17.9. The number of carbonyl (C=O) groups excluding carboxylic acids is 1. The van der Waals surface area contributed by atoms with Crippen LogP contribution in [0.3, 0.4) is 0 Å². The van der Waals surface area contributed by atoms with E-state index in [0.717, 1.165) is 56.9 Å². The molecule has 1 unspecified atom stereocenters. The molecule has 0 radical (unpaired) electrons. The van der Waals surface area contributed by atoms with Gasteiger partial charge in [0.05, 0.1) is 5.69 Å². The Morgan fingerprint density at radius 2 is 1.88 bits per heavy atom. The van der Waals surface area contributed by atoms with E-state index in [2.05, 4.69) is 20.4 Å². The molecule has 0 bridgehead atoms. The number of carbonyl (C=O) groups is 1. The second-order valence-electron chi connectivity index (χ2n) is 6.51. The number of aromatic amines is 1. The van der Waals surface area contributed by atoms with Crippen LogP contribution in [0.1, 0.15) is 16.9 Å². The maximum Gasteiger partial charge on any atom is 0.271 e. The number of likely N-dealkylation sites (tertiary alicyclic amines) is 1. The van der Waals surface area contributed by atoms with Crippen LogP contribution in [0.2, 0.25) is 0 Å². The average molecular weight is 362 g/mol. The lowest BCUT2D eigenvalue weighted by molar-refractivity contribution is 0.0767. The molecule has 2 aliphatic heterocycles. The molecule has 0 saturated carbocycles. The van der Waals surface area contributed by atoms with Crippen LogP contribution in [0, 0.1) is 0 Å². The molecule has 2 aliphatic rings. The summed E-state index contributed by atoms with van der Waals surface area (Å²) >= 11 is 0. The highest BCUT2D eigenvalue weighted by molar-refractivity contribution is 5.93. The van der Waals surface area contributed by atoms with Crippen molar-refractivity contribution in [2.45, 2.75) is 12.5 Å². The molecule has 1 atom stereocenters. The van der Waals surface area contributed by atoms with E-state index in [1.165, 1.54) is 0 Å². The smallest absolute Gasteiger partial charge is 0.271 e. The van der Waals surface area contributed by atoms with E-state index in [1.54, 1.807) is 0 Å². The highest BCUT2D eigenvalue weighted by Crippen LogP contribution is 2.21. The third kappa shape index (κ3) is 3.86. The van der Waals surface area contributed by atoms with Crippen molar-refractivity contribution < 1.29 is 4.79 Å². The highest BCUT2D eigenvalue weighted by atomic mass is 35.5. The van der Waals surface area contributed by atoms with Gasteiger partial charge in [-0.2, -0.15) is 5.10 Å². The van der Waals surface area contributed by atoms with E-state index < -0.39 is 0 Å². The Labute approximate surface area is 154 Å². The molecule has 2 saturated heterocycles. The van der Waals surface area contributed by atoms with Gasteiger partial charge in [-0.05, 0) is 12.5 Å². The summed E-state index contributed by atoms with van der Waals surface area (Å²) < 4.78 is 0.